The Labute approximate surface area is 157 Å². The maximum absolute atomic E-state index is 12.1. The zero-order valence-corrected chi connectivity index (χ0v) is 16.4. The van der Waals surface area contributed by atoms with Gasteiger partial charge in [-0.1, -0.05) is 12.1 Å². The minimum Gasteiger partial charge on any atom is -0.497 e. The Balaban J connectivity index is 2.41. The van der Waals surface area contributed by atoms with E-state index in [1.807, 2.05) is 24.3 Å². The Morgan fingerprint density at radius 3 is 2.64 bits per heavy atom. The third-order valence-electron chi connectivity index (χ3n) is 3.15. The maximum atomic E-state index is 12.1. The molecule has 0 N–H and O–H groups in total. The quantitative estimate of drug-likeness (QED) is 0.622. The molecule has 1 aromatic carbocycles. The number of ether oxygens (including phenoxy) is 4. The highest BCUT2D eigenvalue weighted by molar-refractivity contribution is 9.10. The number of rotatable bonds is 7. The minimum absolute atomic E-state index is 0.253. The van der Waals surface area contributed by atoms with Gasteiger partial charge >= 0.3 is 11.9 Å². The van der Waals surface area contributed by atoms with Crippen molar-refractivity contribution >= 4 is 39.2 Å². The number of thiophene rings is 1. The molecule has 1 aromatic heterocycles. The van der Waals surface area contributed by atoms with Crippen molar-refractivity contribution in [3.8, 4) is 21.9 Å². The van der Waals surface area contributed by atoms with Gasteiger partial charge in [0.15, 0.2) is 17.2 Å². The molecule has 0 spiro atoms. The molecule has 0 aliphatic carbocycles. The van der Waals surface area contributed by atoms with Crippen LogP contribution in [0.1, 0.15) is 16.6 Å². The van der Waals surface area contributed by atoms with E-state index in [1.54, 1.807) is 14.0 Å². The van der Waals surface area contributed by atoms with Crippen molar-refractivity contribution in [1.82, 2.24) is 0 Å². The molecule has 0 unspecified atom stereocenters. The Bertz CT molecular complexity index is 770. The first-order valence-electron chi connectivity index (χ1n) is 7.35. The number of esters is 2. The van der Waals surface area contributed by atoms with Crippen molar-refractivity contribution in [2.75, 3.05) is 27.4 Å². The van der Waals surface area contributed by atoms with Crippen LogP contribution in [0.15, 0.2) is 28.7 Å². The molecule has 134 valence electrons. The number of methoxy groups -OCH3 is 2. The van der Waals surface area contributed by atoms with Gasteiger partial charge in [-0.3, -0.25) is 0 Å². The van der Waals surface area contributed by atoms with Gasteiger partial charge in [-0.25, -0.2) is 9.59 Å². The predicted molar refractivity (Wildman–Crippen MR) is 97.5 cm³/mol. The average molecular weight is 429 g/mol. The smallest absolute Gasteiger partial charge is 0.351 e. The molecule has 0 atom stereocenters. The Morgan fingerprint density at radius 2 is 2.00 bits per heavy atom. The molecule has 6 nitrogen and oxygen atoms in total. The van der Waals surface area contributed by atoms with Gasteiger partial charge < -0.3 is 18.9 Å². The van der Waals surface area contributed by atoms with Crippen molar-refractivity contribution in [3.05, 3.63) is 33.6 Å². The first-order chi connectivity index (χ1) is 12.0. The molecule has 0 aliphatic heterocycles. The summed E-state index contributed by atoms with van der Waals surface area (Å²) in [5.74, 6) is -0.118. The molecular formula is C17H17BrO6S. The van der Waals surface area contributed by atoms with Gasteiger partial charge in [0.1, 0.15) is 5.75 Å². The Kier molecular flexibility index (Phi) is 6.83. The summed E-state index contributed by atoms with van der Waals surface area (Å²) in [7, 11) is 2.87. The third kappa shape index (κ3) is 4.52. The summed E-state index contributed by atoms with van der Waals surface area (Å²) in [4.78, 5) is 24.6. The molecule has 25 heavy (non-hydrogen) atoms. The van der Waals surface area contributed by atoms with Crippen LogP contribution in [0.2, 0.25) is 0 Å². The molecule has 1 heterocycles. The fourth-order valence-electron chi connectivity index (χ4n) is 2.04. The molecular weight excluding hydrogens is 412 g/mol. The first-order valence-corrected chi connectivity index (χ1v) is 8.96. The van der Waals surface area contributed by atoms with E-state index >= 15 is 0 Å². The van der Waals surface area contributed by atoms with Gasteiger partial charge in [-0.2, -0.15) is 0 Å². The van der Waals surface area contributed by atoms with Crippen molar-refractivity contribution in [3.63, 3.8) is 0 Å². The lowest BCUT2D eigenvalue weighted by Crippen LogP contribution is -2.15. The van der Waals surface area contributed by atoms with Crippen LogP contribution in [0, 0.1) is 0 Å². The second-order valence-corrected chi connectivity index (χ2v) is 6.53. The van der Waals surface area contributed by atoms with Gasteiger partial charge in [-0.05, 0) is 40.5 Å². The van der Waals surface area contributed by atoms with Crippen molar-refractivity contribution in [2.24, 2.45) is 0 Å². The van der Waals surface area contributed by atoms with E-state index in [0.29, 0.717) is 10.2 Å². The van der Waals surface area contributed by atoms with Crippen molar-refractivity contribution < 1.29 is 28.5 Å². The third-order valence-corrected chi connectivity index (χ3v) is 5.37. The van der Waals surface area contributed by atoms with E-state index in [4.69, 9.17) is 18.9 Å². The fourth-order valence-corrected chi connectivity index (χ4v) is 4.00. The van der Waals surface area contributed by atoms with Crippen LogP contribution in [0.3, 0.4) is 0 Å². The topological polar surface area (TPSA) is 71.1 Å². The Hall–Kier alpha value is -2.06. The zero-order chi connectivity index (χ0) is 18.4. The molecule has 0 aliphatic rings. The van der Waals surface area contributed by atoms with Crippen molar-refractivity contribution in [1.29, 1.82) is 0 Å². The number of hydrogen-bond donors (Lipinski definition) is 0. The van der Waals surface area contributed by atoms with Gasteiger partial charge in [-0.15, -0.1) is 11.3 Å². The number of carbonyl (C=O) groups is 2. The summed E-state index contributed by atoms with van der Waals surface area (Å²) in [5.41, 5.74) is 0.840. The van der Waals surface area contributed by atoms with Crippen LogP contribution >= 0.6 is 27.3 Å². The fraction of sp³-hybridized carbons (Fsp3) is 0.294. The zero-order valence-electron chi connectivity index (χ0n) is 14.0. The van der Waals surface area contributed by atoms with E-state index in [0.717, 1.165) is 10.4 Å². The number of benzene rings is 1. The van der Waals surface area contributed by atoms with Gasteiger partial charge in [0.25, 0.3) is 0 Å². The van der Waals surface area contributed by atoms with E-state index < -0.39 is 11.9 Å². The highest BCUT2D eigenvalue weighted by atomic mass is 79.9. The van der Waals surface area contributed by atoms with Crippen LogP contribution in [-0.4, -0.2) is 39.4 Å². The predicted octanol–water partition coefficient (Wildman–Crippen LogP) is 3.91. The van der Waals surface area contributed by atoms with Crippen LogP contribution in [0.25, 0.3) is 10.4 Å². The monoisotopic (exact) mass is 428 g/mol. The molecule has 0 bridgehead atoms. The van der Waals surface area contributed by atoms with Crippen LogP contribution in [-0.2, 0) is 14.3 Å². The average Bonchev–Trinajstić information content (AvgIpc) is 2.96. The lowest BCUT2D eigenvalue weighted by molar-refractivity contribution is -0.145. The Morgan fingerprint density at radius 1 is 1.24 bits per heavy atom. The summed E-state index contributed by atoms with van der Waals surface area (Å²) in [6.45, 7) is 1.66. The second kappa shape index (κ2) is 8.87. The summed E-state index contributed by atoms with van der Waals surface area (Å²) in [6.07, 6.45) is 0. The maximum Gasteiger partial charge on any atom is 0.351 e. The standard InChI is InChI=1S/C17H17BrO6S/c1-4-23-12(19)9-24-14-13(18)15(25-16(14)17(20)22-3)10-6-5-7-11(8-10)21-2/h5-8H,4,9H2,1-3H3. The van der Waals surface area contributed by atoms with Crippen molar-refractivity contribution in [2.45, 2.75) is 6.92 Å². The molecule has 2 rings (SSSR count). The molecule has 2 aromatic rings. The number of halogens is 1. The number of hydrogen-bond acceptors (Lipinski definition) is 7. The summed E-state index contributed by atoms with van der Waals surface area (Å²) >= 11 is 4.66. The van der Waals surface area contributed by atoms with Crippen LogP contribution in [0.5, 0.6) is 11.5 Å². The summed E-state index contributed by atoms with van der Waals surface area (Å²) in [5, 5.41) is 0. The molecule has 0 saturated carbocycles. The molecule has 0 fully saturated rings. The molecule has 0 radical (unpaired) electrons. The summed E-state index contributed by atoms with van der Waals surface area (Å²) in [6, 6.07) is 7.39. The van der Waals surface area contributed by atoms with Gasteiger partial charge in [0, 0.05) is 0 Å². The van der Waals surface area contributed by atoms with Crippen LogP contribution in [0.4, 0.5) is 0 Å². The highest BCUT2D eigenvalue weighted by Crippen LogP contribution is 2.46. The normalized spacial score (nSPS) is 10.2. The SMILES string of the molecule is CCOC(=O)COc1c(C(=O)OC)sc(-c2cccc(OC)c2)c1Br. The second-order valence-electron chi connectivity index (χ2n) is 4.72. The van der Waals surface area contributed by atoms with Crippen LogP contribution < -0.4 is 9.47 Å². The molecule has 0 amide bonds. The molecule has 8 heteroatoms. The summed E-state index contributed by atoms with van der Waals surface area (Å²) < 4.78 is 21.0. The minimum atomic E-state index is -0.543. The van der Waals surface area contributed by atoms with E-state index in [1.165, 1.54) is 18.4 Å². The lowest BCUT2D eigenvalue weighted by atomic mass is 10.2. The lowest BCUT2D eigenvalue weighted by Gasteiger charge is -2.07. The highest BCUT2D eigenvalue weighted by Gasteiger charge is 2.25. The van der Waals surface area contributed by atoms with E-state index in [2.05, 4.69) is 15.9 Å². The largest absolute Gasteiger partial charge is 0.497 e. The van der Waals surface area contributed by atoms with E-state index in [9.17, 15) is 9.59 Å². The van der Waals surface area contributed by atoms with E-state index in [-0.39, 0.29) is 23.8 Å². The van der Waals surface area contributed by atoms with Gasteiger partial charge in [0.05, 0.1) is 30.2 Å². The number of carbonyl (C=O) groups excluding carboxylic acids is 2. The molecule has 0 saturated heterocycles. The first kappa shape index (κ1) is 19.3. The van der Waals surface area contributed by atoms with Gasteiger partial charge in [0.2, 0.25) is 0 Å².